The van der Waals surface area contributed by atoms with E-state index in [4.69, 9.17) is 15.3 Å². The van der Waals surface area contributed by atoms with Gasteiger partial charge in [-0.25, -0.2) is 0 Å². The zero-order chi connectivity index (χ0) is 18.3. The van der Waals surface area contributed by atoms with Crippen molar-refractivity contribution in [2.24, 2.45) is 0 Å². The second-order valence-electron chi connectivity index (χ2n) is 6.58. The minimum absolute atomic E-state index is 1.24. The summed E-state index contributed by atoms with van der Waals surface area (Å²) in [6.07, 6.45) is 21.3. The van der Waals surface area contributed by atoms with E-state index in [9.17, 15) is 0 Å². The molecule has 0 unspecified atom stereocenters. The van der Waals surface area contributed by atoms with Crippen LogP contribution in [0.5, 0.6) is 0 Å². The van der Waals surface area contributed by atoms with Gasteiger partial charge in [-0.1, -0.05) is 97.3 Å². The molecule has 146 valence electrons. The molecule has 0 aromatic rings. The number of rotatable bonds is 17. The number of hydrogen-bond acceptors (Lipinski definition) is 3. The lowest BCUT2D eigenvalue weighted by molar-refractivity contribution is -0.742. The van der Waals surface area contributed by atoms with Crippen LogP contribution in [-0.4, -0.2) is 23.4 Å². The standard InChI is InChI=1S/C19H41N.HNO3/c1-3-5-7-9-11-13-15-17-19-20-18-16-14-12-10-8-6-4-2;2-1(3)4/h20H,3-19H2,1-2H3;(H,2,3,4). The molecule has 0 aromatic heterocycles. The molecule has 2 N–H and O–H groups in total. The fourth-order valence-corrected chi connectivity index (χ4v) is 2.72. The van der Waals surface area contributed by atoms with Crippen molar-refractivity contribution in [3.63, 3.8) is 0 Å². The summed E-state index contributed by atoms with van der Waals surface area (Å²) >= 11 is 0. The van der Waals surface area contributed by atoms with E-state index in [-0.39, 0.29) is 0 Å². The Hall–Kier alpha value is -0.840. The minimum atomic E-state index is -1.50. The predicted octanol–water partition coefficient (Wildman–Crippen LogP) is 6.12. The molecule has 0 rings (SSSR count). The Balaban J connectivity index is 0. The summed E-state index contributed by atoms with van der Waals surface area (Å²) in [6, 6.07) is 0. The van der Waals surface area contributed by atoms with E-state index >= 15 is 0 Å². The van der Waals surface area contributed by atoms with Crippen molar-refractivity contribution in [2.45, 2.75) is 110 Å². The number of hydrogen-bond donors (Lipinski definition) is 2. The summed E-state index contributed by atoms with van der Waals surface area (Å²) in [5.74, 6) is 0. The van der Waals surface area contributed by atoms with Gasteiger partial charge in [0.1, 0.15) is 0 Å². The van der Waals surface area contributed by atoms with Crippen LogP contribution < -0.4 is 5.32 Å². The lowest BCUT2D eigenvalue weighted by Gasteiger charge is -2.05. The van der Waals surface area contributed by atoms with Crippen molar-refractivity contribution in [3.8, 4) is 0 Å². The van der Waals surface area contributed by atoms with Crippen LogP contribution >= 0.6 is 0 Å². The second-order valence-corrected chi connectivity index (χ2v) is 6.58. The van der Waals surface area contributed by atoms with Crippen molar-refractivity contribution < 1.29 is 10.3 Å². The molecule has 0 aromatic carbocycles. The van der Waals surface area contributed by atoms with Gasteiger partial charge in [0.05, 0.1) is 0 Å². The Morgan fingerprint density at radius 1 is 0.667 bits per heavy atom. The molecule has 0 saturated heterocycles. The molecule has 24 heavy (non-hydrogen) atoms. The molecule has 0 bridgehead atoms. The van der Waals surface area contributed by atoms with Gasteiger partial charge in [-0.2, -0.15) is 0 Å². The summed E-state index contributed by atoms with van der Waals surface area (Å²) in [5.41, 5.74) is 0. The van der Waals surface area contributed by atoms with E-state index in [1.807, 2.05) is 0 Å². The second kappa shape index (κ2) is 24.4. The van der Waals surface area contributed by atoms with Crippen LogP contribution in [0.15, 0.2) is 0 Å². The monoisotopic (exact) mass is 346 g/mol. The largest absolute Gasteiger partial charge is 0.328 e. The average molecular weight is 347 g/mol. The van der Waals surface area contributed by atoms with Gasteiger partial charge in [0.2, 0.25) is 0 Å². The van der Waals surface area contributed by atoms with Gasteiger partial charge >= 0.3 is 0 Å². The Morgan fingerprint density at radius 3 is 1.21 bits per heavy atom. The molecule has 5 nitrogen and oxygen atoms in total. The van der Waals surface area contributed by atoms with E-state index in [0.717, 1.165) is 0 Å². The van der Waals surface area contributed by atoms with Crippen LogP contribution in [0.2, 0.25) is 0 Å². The van der Waals surface area contributed by atoms with Gasteiger partial charge in [-0.05, 0) is 25.9 Å². The van der Waals surface area contributed by atoms with Crippen molar-refractivity contribution in [3.05, 3.63) is 10.1 Å². The van der Waals surface area contributed by atoms with Gasteiger partial charge < -0.3 is 10.5 Å². The average Bonchev–Trinajstić information content (AvgIpc) is 2.54. The molecule has 0 amide bonds. The fourth-order valence-electron chi connectivity index (χ4n) is 2.72. The topological polar surface area (TPSA) is 75.4 Å². The van der Waals surface area contributed by atoms with Crippen molar-refractivity contribution in [1.82, 2.24) is 5.32 Å². The molecule has 0 aliphatic rings. The molecule has 0 aliphatic carbocycles. The Bertz CT molecular complexity index is 217. The molecule has 0 aliphatic heterocycles. The number of nitrogens with one attached hydrogen (secondary N) is 1. The summed E-state index contributed by atoms with van der Waals surface area (Å²) < 4.78 is 0. The maximum absolute atomic E-state index is 8.36. The highest BCUT2D eigenvalue weighted by Gasteiger charge is 1.93. The first-order chi connectivity index (χ1) is 11.6. The molecule has 0 heterocycles. The van der Waals surface area contributed by atoms with Crippen LogP contribution in [-0.2, 0) is 0 Å². The smallest absolute Gasteiger partial charge is 0.291 e. The molecule has 0 radical (unpaired) electrons. The first-order valence-corrected chi connectivity index (χ1v) is 10.2. The van der Waals surface area contributed by atoms with Gasteiger partial charge in [0, 0.05) is 0 Å². The van der Waals surface area contributed by atoms with Gasteiger partial charge in [-0.3, -0.25) is 0 Å². The van der Waals surface area contributed by atoms with E-state index in [0.29, 0.717) is 0 Å². The van der Waals surface area contributed by atoms with Crippen LogP contribution in [0, 0.1) is 10.1 Å². The third-order valence-corrected chi connectivity index (χ3v) is 4.16. The summed E-state index contributed by atoms with van der Waals surface area (Å²) in [6.45, 7) is 7.06. The zero-order valence-corrected chi connectivity index (χ0v) is 16.2. The van der Waals surface area contributed by atoms with E-state index in [1.54, 1.807) is 0 Å². The first kappa shape index (κ1) is 25.4. The highest BCUT2D eigenvalue weighted by molar-refractivity contribution is 4.52. The summed E-state index contributed by atoms with van der Waals surface area (Å²) in [4.78, 5) is 8.36. The van der Waals surface area contributed by atoms with Gasteiger partial charge in [0.25, 0.3) is 5.09 Å². The summed E-state index contributed by atoms with van der Waals surface area (Å²) in [7, 11) is 0. The Kier molecular flexibility index (Phi) is 25.8. The first-order valence-electron chi connectivity index (χ1n) is 10.2. The Morgan fingerprint density at radius 2 is 0.917 bits per heavy atom. The third-order valence-electron chi connectivity index (χ3n) is 4.16. The van der Waals surface area contributed by atoms with Crippen LogP contribution in [0.3, 0.4) is 0 Å². The Labute approximate surface area is 149 Å². The molecular weight excluding hydrogens is 304 g/mol. The molecule has 0 fully saturated rings. The molecule has 0 atom stereocenters. The number of unbranched alkanes of at least 4 members (excludes halogenated alkanes) is 13. The van der Waals surface area contributed by atoms with Crippen LogP contribution in [0.4, 0.5) is 0 Å². The molecule has 0 saturated carbocycles. The zero-order valence-electron chi connectivity index (χ0n) is 16.2. The highest BCUT2D eigenvalue weighted by atomic mass is 16.9. The maximum atomic E-state index is 8.36. The number of nitrogens with zero attached hydrogens (tertiary/aromatic N) is 1. The van der Waals surface area contributed by atoms with E-state index < -0.39 is 5.09 Å². The highest BCUT2D eigenvalue weighted by Crippen LogP contribution is 2.08. The quantitative estimate of drug-likeness (QED) is 0.189. The van der Waals surface area contributed by atoms with Crippen LogP contribution in [0.25, 0.3) is 0 Å². The summed E-state index contributed by atoms with van der Waals surface area (Å²) in [5, 5.41) is 17.2. The minimum Gasteiger partial charge on any atom is -0.328 e. The molecular formula is C19H42N2O3. The van der Waals surface area contributed by atoms with E-state index in [2.05, 4.69) is 19.2 Å². The van der Waals surface area contributed by atoms with Crippen molar-refractivity contribution >= 4 is 0 Å². The maximum Gasteiger partial charge on any atom is 0.291 e. The molecule has 5 heteroatoms. The van der Waals surface area contributed by atoms with Gasteiger partial charge in [0.15, 0.2) is 0 Å². The molecule has 0 spiro atoms. The van der Waals surface area contributed by atoms with Crippen molar-refractivity contribution in [2.75, 3.05) is 13.1 Å². The van der Waals surface area contributed by atoms with Crippen LogP contribution in [0.1, 0.15) is 110 Å². The van der Waals surface area contributed by atoms with Gasteiger partial charge in [-0.15, -0.1) is 10.1 Å². The lowest BCUT2D eigenvalue weighted by Crippen LogP contribution is -2.16. The predicted molar refractivity (Wildman–Crippen MR) is 102 cm³/mol. The SMILES string of the molecule is CCCCCCCCCCNCCCCCCCCC.O=[N+]([O-])O. The fraction of sp³-hybridized carbons (Fsp3) is 1.00. The normalized spacial score (nSPS) is 10.2. The third kappa shape index (κ3) is 32.9. The van der Waals surface area contributed by atoms with E-state index in [1.165, 1.54) is 109 Å². The lowest BCUT2D eigenvalue weighted by atomic mass is 10.1. The van der Waals surface area contributed by atoms with Crippen molar-refractivity contribution in [1.29, 1.82) is 0 Å².